The second-order valence-electron chi connectivity index (χ2n) is 10.1. The summed E-state index contributed by atoms with van der Waals surface area (Å²) in [5.41, 5.74) is 2.23. The number of benzene rings is 2. The molecule has 1 aliphatic carbocycles. The molecule has 1 amide bonds. The van der Waals surface area contributed by atoms with Crippen molar-refractivity contribution in [1.29, 1.82) is 0 Å². The van der Waals surface area contributed by atoms with Crippen LogP contribution in [0, 0.1) is 5.92 Å². The number of nitrogens with zero attached hydrogens (tertiary/aromatic N) is 2. The Morgan fingerprint density at radius 3 is 2.49 bits per heavy atom. The smallest absolute Gasteiger partial charge is 0.258 e. The Labute approximate surface area is 207 Å². The molecule has 1 aromatic heterocycles. The van der Waals surface area contributed by atoms with Gasteiger partial charge in [-0.25, -0.2) is 0 Å². The molecule has 2 aliphatic rings. The van der Waals surface area contributed by atoms with Crippen molar-refractivity contribution < 1.29 is 9.59 Å². The maximum absolute atomic E-state index is 13.7. The summed E-state index contributed by atoms with van der Waals surface area (Å²) >= 11 is 0. The lowest BCUT2D eigenvalue weighted by Gasteiger charge is -2.38. The van der Waals surface area contributed by atoms with E-state index in [0.717, 1.165) is 48.6 Å². The Kier molecular flexibility index (Phi) is 7.30. The van der Waals surface area contributed by atoms with Gasteiger partial charge in [0.25, 0.3) is 5.91 Å². The highest BCUT2D eigenvalue weighted by Gasteiger charge is 2.34. The van der Waals surface area contributed by atoms with E-state index in [-0.39, 0.29) is 24.3 Å². The molecule has 6 nitrogen and oxygen atoms in total. The first-order valence-corrected chi connectivity index (χ1v) is 13.0. The summed E-state index contributed by atoms with van der Waals surface area (Å²) < 4.78 is 0. The third-order valence-corrected chi connectivity index (χ3v) is 7.97. The number of ketones is 1. The molecule has 35 heavy (non-hydrogen) atoms. The molecule has 2 fully saturated rings. The number of piperidine rings is 1. The first kappa shape index (κ1) is 23.8. The molecule has 0 spiro atoms. The third kappa shape index (κ3) is 5.19. The Hall–Kier alpha value is -2.96. The topological polar surface area (TPSA) is 68.4 Å². The molecule has 1 aliphatic heterocycles. The number of H-pyrrole nitrogens is 1. The van der Waals surface area contributed by atoms with Crippen LogP contribution in [0.25, 0.3) is 10.9 Å². The van der Waals surface area contributed by atoms with Gasteiger partial charge in [-0.15, -0.1) is 0 Å². The number of rotatable bonds is 8. The minimum absolute atomic E-state index is 0.0555. The van der Waals surface area contributed by atoms with E-state index in [0.29, 0.717) is 11.5 Å². The van der Waals surface area contributed by atoms with Gasteiger partial charge in [-0.05, 0) is 87.5 Å². The van der Waals surface area contributed by atoms with Crippen molar-refractivity contribution in [2.75, 3.05) is 31.6 Å². The van der Waals surface area contributed by atoms with E-state index in [2.05, 4.69) is 15.2 Å². The number of carbonyl (C=O) groups excluding carboxylic acids is 2. The summed E-state index contributed by atoms with van der Waals surface area (Å²) in [6.45, 7) is 2.19. The monoisotopic (exact) mass is 472 g/mol. The minimum atomic E-state index is -0.245. The second kappa shape index (κ2) is 10.8. The molecule has 1 saturated carbocycles. The van der Waals surface area contributed by atoms with Crippen LogP contribution in [0.5, 0.6) is 0 Å². The minimum Gasteiger partial charge on any atom is -0.361 e. The molecule has 184 valence electrons. The molecule has 1 saturated heterocycles. The van der Waals surface area contributed by atoms with Crippen LogP contribution in [0.2, 0.25) is 0 Å². The second-order valence-corrected chi connectivity index (χ2v) is 10.1. The van der Waals surface area contributed by atoms with E-state index in [4.69, 9.17) is 0 Å². The first-order chi connectivity index (χ1) is 17.1. The van der Waals surface area contributed by atoms with Crippen molar-refractivity contribution in [3.8, 4) is 0 Å². The maximum atomic E-state index is 13.7. The zero-order valence-corrected chi connectivity index (χ0v) is 20.6. The van der Waals surface area contributed by atoms with Crippen LogP contribution >= 0.6 is 0 Å². The number of Topliss-reactive ketones (excluding diaryl/α,β-unsaturated/α-hetero) is 1. The molecule has 0 radical (unpaired) electrons. The van der Waals surface area contributed by atoms with Crippen LogP contribution < -0.4 is 10.2 Å². The van der Waals surface area contributed by atoms with Gasteiger partial charge in [0.15, 0.2) is 5.78 Å². The zero-order valence-electron chi connectivity index (χ0n) is 20.6. The zero-order chi connectivity index (χ0) is 24.2. The average Bonchev–Trinajstić information content (AvgIpc) is 3.60. The van der Waals surface area contributed by atoms with Crippen LogP contribution in [0.15, 0.2) is 60.8 Å². The molecular formula is C29H36N4O2. The number of para-hydroxylation sites is 1. The van der Waals surface area contributed by atoms with Crippen LogP contribution in [-0.4, -0.2) is 60.3 Å². The summed E-state index contributed by atoms with van der Waals surface area (Å²) in [5.74, 6) is 0.213. The number of likely N-dealkylation sites (tertiary alicyclic amines) is 1. The van der Waals surface area contributed by atoms with Gasteiger partial charge < -0.3 is 20.1 Å². The van der Waals surface area contributed by atoms with Crippen molar-refractivity contribution in [3.05, 3.63) is 66.4 Å². The SMILES string of the molecule is CNC(C(=O)CN(C(=O)c1ccc2cc[nH]c2c1)c1ccccc1)C1CCN(C2CCCC2)CC1. The lowest BCUT2D eigenvalue weighted by atomic mass is 9.86. The van der Waals surface area contributed by atoms with Gasteiger partial charge in [0.1, 0.15) is 0 Å². The van der Waals surface area contributed by atoms with Crippen molar-refractivity contribution in [2.24, 2.45) is 5.92 Å². The van der Waals surface area contributed by atoms with Crippen LogP contribution in [-0.2, 0) is 4.79 Å². The van der Waals surface area contributed by atoms with Gasteiger partial charge in [-0.3, -0.25) is 9.59 Å². The van der Waals surface area contributed by atoms with Crippen LogP contribution in [0.3, 0.4) is 0 Å². The highest BCUT2D eigenvalue weighted by atomic mass is 16.2. The lowest BCUT2D eigenvalue weighted by Crippen LogP contribution is -2.51. The molecule has 5 rings (SSSR count). The molecule has 1 atom stereocenters. The highest BCUT2D eigenvalue weighted by Crippen LogP contribution is 2.29. The van der Waals surface area contributed by atoms with Crippen molar-refractivity contribution >= 4 is 28.3 Å². The van der Waals surface area contributed by atoms with Gasteiger partial charge in [-0.1, -0.05) is 37.1 Å². The predicted molar refractivity (Wildman–Crippen MR) is 141 cm³/mol. The van der Waals surface area contributed by atoms with Crippen molar-refractivity contribution in [1.82, 2.24) is 15.2 Å². The van der Waals surface area contributed by atoms with Gasteiger partial charge in [-0.2, -0.15) is 0 Å². The summed E-state index contributed by atoms with van der Waals surface area (Å²) in [4.78, 5) is 34.7. The molecule has 6 heteroatoms. The quantitative estimate of drug-likeness (QED) is 0.502. The number of aromatic amines is 1. The molecule has 1 unspecified atom stereocenters. The van der Waals surface area contributed by atoms with Gasteiger partial charge in [0, 0.05) is 29.0 Å². The summed E-state index contributed by atoms with van der Waals surface area (Å²) in [5, 5.41) is 4.36. The number of nitrogens with one attached hydrogen (secondary N) is 2. The number of fused-ring (bicyclic) bond motifs is 1. The van der Waals surface area contributed by atoms with E-state index < -0.39 is 0 Å². The molecule has 0 bridgehead atoms. The number of amides is 1. The van der Waals surface area contributed by atoms with E-state index in [1.165, 1.54) is 25.7 Å². The van der Waals surface area contributed by atoms with Gasteiger partial charge in [0.2, 0.25) is 0 Å². The number of carbonyl (C=O) groups is 2. The van der Waals surface area contributed by atoms with Crippen molar-refractivity contribution in [2.45, 2.75) is 50.6 Å². The van der Waals surface area contributed by atoms with Crippen molar-refractivity contribution in [3.63, 3.8) is 0 Å². The Bertz CT molecular complexity index is 1140. The summed E-state index contributed by atoms with van der Waals surface area (Å²) in [6, 6.07) is 17.7. The first-order valence-electron chi connectivity index (χ1n) is 13.0. The standard InChI is InChI=1S/C29H36N4O2/c1-30-28(22-14-17-32(18-15-22)24-7-5-6-8-24)27(34)20-33(25-9-3-2-4-10-25)29(35)23-12-11-21-13-16-31-26(21)19-23/h2-4,9-13,16,19,22,24,28,30-31H,5-8,14-15,17-18,20H2,1H3. The molecule has 3 aromatic rings. The number of anilines is 1. The molecule has 2 N–H and O–H groups in total. The molecule has 2 aromatic carbocycles. The fourth-order valence-corrected chi connectivity index (χ4v) is 6.03. The molecule has 2 heterocycles. The summed E-state index contributed by atoms with van der Waals surface area (Å²) in [6.07, 6.45) is 9.26. The fourth-order valence-electron chi connectivity index (χ4n) is 6.03. The predicted octanol–water partition coefficient (Wildman–Crippen LogP) is 4.63. The number of hydrogen-bond acceptors (Lipinski definition) is 4. The summed E-state index contributed by atoms with van der Waals surface area (Å²) in [7, 11) is 1.87. The highest BCUT2D eigenvalue weighted by molar-refractivity contribution is 6.10. The number of hydrogen-bond donors (Lipinski definition) is 2. The fraction of sp³-hybridized carbons (Fsp3) is 0.448. The average molecular weight is 473 g/mol. The van der Waals surface area contributed by atoms with E-state index in [1.807, 2.05) is 67.8 Å². The Morgan fingerprint density at radius 2 is 1.77 bits per heavy atom. The Balaban J connectivity index is 1.31. The number of likely N-dealkylation sites (N-methyl/N-ethyl adjacent to an activating group) is 1. The van der Waals surface area contributed by atoms with Gasteiger partial charge >= 0.3 is 0 Å². The third-order valence-electron chi connectivity index (χ3n) is 7.97. The van der Waals surface area contributed by atoms with Gasteiger partial charge in [0.05, 0.1) is 12.6 Å². The largest absolute Gasteiger partial charge is 0.361 e. The van der Waals surface area contributed by atoms with Crippen LogP contribution in [0.4, 0.5) is 5.69 Å². The lowest BCUT2D eigenvalue weighted by molar-refractivity contribution is -0.121. The number of aromatic nitrogens is 1. The normalized spacial score (nSPS) is 18.7. The van der Waals surface area contributed by atoms with Crippen LogP contribution in [0.1, 0.15) is 48.9 Å². The van der Waals surface area contributed by atoms with E-state index >= 15 is 0 Å². The molecular weight excluding hydrogens is 436 g/mol. The Morgan fingerprint density at radius 1 is 1.03 bits per heavy atom. The van der Waals surface area contributed by atoms with E-state index in [1.54, 1.807) is 4.90 Å². The van der Waals surface area contributed by atoms with E-state index in [9.17, 15) is 9.59 Å². The maximum Gasteiger partial charge on any atom is 0.258 e.